The van der Waals surface area contributed by atoms with Gasteiger partial charge in [0.15, 0.2) is 0 Å². The second-order valence-electron chi connectivity index (χ2n) is 4.72. The van der Waals surface area contributed by atoms with Crippen molar-refractivity contribution in [2.45, 2.75) is 32.7 Å². The molecule has 0 heterocycles. The van der Waals surface area contributed by atoms with E-state index >= 15 is 0 Å². The van der Waals surface area contributed by atoms with Gasteiger partial charge in [0, 0.05) is 5.71 Å². The fourth-order valence-electron chi connectivity index (χ4n) is 2.06. The van der Waals surface area contributed by atoms with Gasteiger partial charge in [-0.05, 0) is 24.0 Å². The summed E-state index contributed by atoms with van der Waals surface area (Å²) in [4.78, 5) is 4.82. The Kier molecular flexibility index (Phi) is 5.36. The predicted octanol–water partition coefficient (Wildman–Crippen LogP) is 4.87. The van der Waals surface area contributed by atoms with Crippen molar-refractivity contribution in [3.63, 3.8) is 0 Å². The van der Waals surface area contributed by atoms with Crippen molar-refractivity contribution in [2.75, 3.05) is 0 Å². The third-order valence-electron chi connectivity index (χ3n) is 3.17. The molecule has 0 spiro atoms. The lowest BCUT2D eigenvalue weighted by molar-refractivity contribution is 0.830. The van der Waals surface area contributed by atoms with Crippen LogP contribution in [0.2, 0.25) is 0 Å². The first-order valence-electron chi connectivity index (χ1n) is 7.03. The normalized spacial score (nSPS) is 11.5. The maximum absolute atomic E-state index is 4.82. The summed E-state index contributed by atoms with van der Waals surface area (Å²) in [6, 6.07) is 21.0. The van der Waals surface area contributed by atoms with Gasteiger partial charge >= 0.3 is 0 Å². The van der Waals surface area contributed by atoms with Gasteiger partial charge < -0.3 is 0 Å². The van der Waals surface area contributed by atoms with Crippen molar-refractivity contribution >= 4 is 5.71 Å². The highest BCUT2D eigenvalue weighted by Crippen LogP contribution is 2.10. The van der Waals surface area contributed by atoms with Crippen LogP contribution >= 0.6 is 0 Å². The summed E-state index contributed by atoms with van der Waals surface area (Å²) in [5.41, 5.74) is 3.76. The molecule has 0 aliphatic heterocycles. The van der Waals surface area contributed by atoms with Gasteiger partial charge in [-0.1, -0.05) is 74.0 Å². The Bertz CT molecular complexity index is 500. The predicted molar refractivity (Wildman–Crippen MR) is 82.7 cm³/mol. The first-order valence-corrected chi connectivity index (χ1v) is 7.03. The van der Waals surface area contributed by atoms with Crippen molar-refractivity contribution in [3.05, 3.63) is 71.8 Å². The molecule has 0 aromatic heterocycles. The van der Waals surface area contributed by atoms with E-state index in [-0.39, 0.29) is 0 Å². The van der Waals surface area contributed by atoms with E-state index in [1.165, 1.54) is 29.7 Å². The Labute approximate surface area is 116 Å². The fourth-order valence-corrected chi connectivity index (χ4v) is 2.06. The van der Waals surface area contributed by atoms with E-state index in [0.29, 0.717) is 0 Å². The third-order valence-corrected chi connectivity index (χ3v) is 3.17. The average Bonchev–Trinajstić information content (AvgIpc) is 2.49. The molecule has 98 valence electrons. The van der Waals surface area contributed by atoms with Crippen molar-refractivity contribution in [3.8, 4) is 0 Å². The minimum atomic E-state index is 0.773. The summed E-state index contributed by atoms with van der Waals surface area (Å²) < 4.78 is 0. The Morgan fingerprint density at radius 1 is 0.895 bits per heavy atom. The van der Waals surface area contributed by atoms with Crippen LogP contribution in [-0.2, 0) is 6.54 Å². The number of nitrogens with zero attached hydrogens (tertiary/aromatic N) is 1. The van der Waals surface area contributed by atoms with Crippen LogP contribution in [0.1, 0.15) is 37.3 Å². The molecule has 0 aliphatic carbocycles. The largest absolute Gasteiger partial charge is 0.284 e. The van der Waals surface area contributed by atoms with E-state index in [9.17, 15) is 0 Å². The molecule has 0 fully saturated rings. The lowest BCUT2D eigenvalue weighted by atomic mass is 10.0. The van der Waals surface area contributed by atoms with E-state index in [4.69, 9.17) is 4.99 Å². The van der Waals surface area contributed by atoms with Gasteiger partial charge in [-0.15, -0.1) is 0 Å². The van der Waals surface area contributed by atoms with E-state index in [2.05, 4.69) is 61.5 Å². The number of hydrogen-bond donors (Lipinski definition) is 0. The molecule has 2 rings (SSSR count). The number of hydrogen-bond acceptors (Lipinski definition) is 1. The maximum Gasteiger partial charge on any atom is 0.0643 e. The molecule has 0 unspecified atom stereocenters. The number of benzene rings is 2. The lowest BCUT2D eigenvalue weighted by Crippen LogP contribution is -2.01. The highest BCUT2D eigenvalue weighted by atomic mass is 14.7. The van der Waals surface area contributed by atoms with Gasteiger partial charge in [0.05, 0.1) is 6.54 Å². The molecule has 2 aromatic rings. The summed E-state index contributed by atoms with van der Waals surface area (Å²) >= 11 is 0. The van der Waals surface area contributed by atoms with E-state index in [1.54, 1.807) is 0 Å². The second kappa shape index (κ2) is 7.52. The summed E-state index contributed by atoms with van der Waals surface area (Å²) in [6.07, 6.45) is 3.47. The Hall–Kier alpha value is -1.89. The molecular formula is C18H21N. The molecule has 0 bridgehead atoms. The number of unbranched alkanes of at least 4 members (excludes halogenated alkanes) is 1. The highest BCUT2D eigenvalue weighted by molar-refractivity contribution is 6.00. The average molecular weight is 251 g/mol. The molecule has 19 heavy (non-hydrogen) atoms. The summed E-state index contributed by atoms with van der Waals surface area (Å²) in [6.45, 7) is 2.99. The lowest BCUT2D eigenvalue weighted by Gasteiger charge is -2.06. The van der Waals surface area contributed by atoms with Gasteiger partial charge in [0.2, 0.25) is 0 Å². The Morgan fingerprint density at radius 3 is 2.16 bits per heavy atom. The summed E-state index contributed by atoms with van der Waals surface area (Å²) in [5.74, 6) is 0. The first kappa shape index (κ1) is 13.5. The molecule has 0 amide bonds. The van der Waals surface area contributed by atoms with Crippen molar-refractivity contribution in [1.82, 2.24) is 0 Å². The zero-order valence-corrected chi connectivity index (χ0v) is 11.5. The monoisotopic (exact) mass is 251 g/mol. The summed E-state index contributed by atoms with van der Waals surface area (Å²) in [5, 5.41) is 0. The SMILES string of the molecule is CCCCC(=NCc1ccccc1)c1ccccc1. The molecular weight excluding hydrogens is 230 g/mol. The maximum atomic E-state index is 4.82. The van der Waals surface area contributed by atoms with Gasteiger partial charge in [-0.2, -0.15) is 0 Å². The molecule has 2 aromatic carbocycles. The van der Waals surface area contributed by atoms with Crippen LogP contribution in [0.5, 0.6) is 0 Å². The van der Waals surface area contributed by atoms with Crippen LogP contribution in [-0.4, -0.2) is 5.71 Å². The van der Waals surface area contributed by atoms with Crippen LogP contribution in [0.3, 0.4) is 0 Å². The molecule has 0 aliphatic rings. The minimum Gasteiger partial charge on any atom is -0.284 e. The van der Waals surface area contributed by atoms with E-state index in [0.717, 1.165) is 13.0 Å². The van der Waals surface area contributed by atoms with Crippen LogP contribution in [0, 0.1) is 0 Å². The molecule has 0 atom stereocenters. The van der Waals surface area contributed by atoms with Gasteiger partial charge in [0.1, 0.15) is 0 Å². The van der Waals surface area contributed by atoms with Gasteiger partial charge in [-0.3, -0.25) is 4.99 Å². The third kappa shape index (κ3) is 4.36. The fraction of sp³-hybridized carbons (Fsp3) is 0.278. The van der Waals surface area contributed by atoms with Crippen molar-refractivity contribution < 1.29 is 0 Å². The van der Waals surface area contributed by atoms with Gasteiger partial charge in [0.25, 0.3) is 0 Å². The van der Waals surface area contributed by atoms with Crippen LogP contribution in [0.4, 0.5) is 0 Å². The van der Waals surface area contributed by atoms with E-state index < -0.39 is 0 Å². The quantitative estimate of drug-likeness (QED) is 0.650. The van der Waals surface area contributed by atoms with Crippen LogP contribution in [0.15, 0.2) is 65.7 Å². The Balaban J connectivity index is 2.13. The van der Waals surface area contributed by atoms with Crippen molar-refractivity contribution in [1.29, 1.82) is 0 Å². The smallest absolute Gasteiger partial charge is 0.0643 e. The molecule has 0 saturated heterocycles. The number of rotatable bonds is 6. The topological polar surface area (TPSA) is 12.4 Å². The summed E-state index contributed by atoms with van der Waals surface area (Å²) in [7, 11) is 0. The highest BCUT2D eigenvalue weighted by Gasteiger charge is 2.02. The standard InChI is InChI=1S/C18H21N/c1-2-3-14-18(17-12-8-5-9-13-17)19-15-16-10-6-4-7-11-16/h4-13H,2-3,14-15H2,1H3. The molecule has 0 N–H and O–H groups in total. The first-order chi connectivity index (χ1) is 9.40. The zero-order valence-electron chi connectivity index (χ0n) is 11.5. The Morgan fingerprint density at radius 2 is 1.53 bits per heavy atom. The molecule has 0 saturated carbocycles. The zero-order chi connectivity index (χ0) is 13.3. The molecule has 1 nitrogen and oxygen atoms in total. The number of aliphatic imine (C=N–C) groups is 1. The van der Waals surface area contributed by atoms with Gasteiger partial charge in [-0.25, -0.2) is 0 Å². The minimum absolute atomic E-state index is 0.773. The van der Waals surface area contributed by atoms with Crippen LogP contribution in [0.25, 0.3) is 0 Å². The second-order valence-corrected chi connectivity index (χ2v) is 4.72. The molecule has 1 heteroatoms. The van der Waals surface area contributed by atoms with Crippen molar-refractivity contribution in [2.24, 2.45) is 4.99 Å². The molecule has 0 radical (unpaired) electrons. The van der Waals surface area contributed by atoms with Crippen LogP contribution < -0.4 is 0 Å². The van der Waals surface area contributed by atoms with E-state index in [1.807, 2.05) is 6.07 Å².